The Morgan fingerprint density at radius 2 is 2.04 bits per heavy atom. The molecule has 0 spiro atoms. The first kappa shape index (κ1) is 18.7. The van der Waals surface area contributed by atoms with Crippen LogP contribution in [0.4, 0.5) is 5.69 Å². The molecule has 3 rings (SSSR count). The lowest BCUT2D eigenvalue weighted by Gasteiger charge is -2.10. The molecule has 0 unspecified atom stereocenters. The Balaban J connectivity index is 1.80. The minimum atomic E-state index is -0.0890. The predicted octanol–water partition coefficient (Wildman–Crippen LogP) is 4.61. The third kappa shape index (κ3) is 3.83. The highest BCUT2D eigenvalue weighted by Gasteiger charge is 2.17. The maximum Gasteiger partial charge on any atom is 0.234 e. The number of amides is 1. The Kier molecular flexibility index (Phi) is 5.78. The van der Waals surface area contributed by atoms with Gasteiger partial charge in [-0.3, -0.25) is 4.79 Å². The third-order valence-electron chi connectivity index (χ3n) is 4.01. The molecule has 136 valence electrons. The number of carbonyl (C=O) groups excluding carboxylic acids is 1. The van der Waals surface area contributed by atoms with Crippen LogP contribution in [0.1, 0.15) is 23.2 Å². The molecule has 3 aromatic rings. The summed E-state index contributed by atoms with van der Waals surface area (Å²) in [5.74, 6) is 1.57. The lowest BCUT2D eigenvalue weighted by atomic mass is 10.1. The summed E-state index contributed by atoms with van der Waals surface area (Å²) >= 11 is 3.14. The van der Waals surface area contributed by atoms with Crippen LogP contribution in [0.5, 0.6) is 5.75 Å². The number of rotatable bonds is 6. The van der Waals surface area contributed by atoms with E-state index in [0.717, 1.165) is 27.5 Å². The SMILES string of the molecule is CCc1c(C)sc2nc(C)nc(SCC(=O)Nc3ccccc3OC)c12. The van der Waals surface area contributed by atoms with Gasteiger partial charge in [-0.2, -0.15) is 0 Å². The van der Waals surface area contributed by atoms with Crippen molar-refractivity contribution in [1.29, 1.82) is 0 Å². The van der Waals surface area contributed by atoms with E-state index in [1.54, 1.807) is 18.4 Å². The summed E-state index contributed by atoms with van der Waals surface area (Å²) in [4.78, 5) is 23.8. The number of benzene rings is 1. The average Bonchev–Trinajstić information content (AvgIpc) is 2.94. The molecule has 2 heterocycles. The molecule has 7 heteroatoms. The zero-order chi connectivity index (χ0) is 18.7. The predicted molar refractivity (Wildman–Crippen MR) is 109 cm³/mol. The van der Waals surface area contributed by atoms with E-state index < -0.39 is 0 Å². The zero-order valence-corrected chi connectivity index (χ0v) is 16.9. The first-order valence-corrected chi connectivity index (χ1v) is 10.2. The number of hydrogen-bond donors (Lipinski definition) is 1. The fourth-order valence-electron chi connectivity index (χ4n) is 2.84. The topological polar surface area (TPSA) is 64.1 Å². The standard InChI is InChI=1S/C19H21N3O2S2/c1-5-13-11(2)26-19-17(13)18(20-12(3)21-19)25-10-16(23)22-14-8-6-7-9-15(14)24-4/h6-9H,5,10H2,1-4H3,(H,22,23). The summed E-state index contributed by atoms with van der Waals surface area (Å²) in [6.45, 7) is 6.14. The molecule has 0 saturated heterocycles. The molecule has 1 N–H and O–H groups in total. The zero-order valence-electron chi connectivity index (χ0n) is 15.3. The Morgan fingerprint density at radius 3 is 2.77 bits per heavy atom. The van der Waals surface area contributed by atoms with Crippen molar-refractivity contribution >= 4 is 44.9 Å². The van der Waals surface area contributed by atoms with Crippen LogP contribution in [0.15, 0.2) is 29.3 Å². The van der Waals surface area contributed by atoms with Crippen LogP contribution < -0.4 is 10.1 Å². The first-order valence-electron chi connectivity index (χ1n) is 8.35. The van der Waals surface area contributed by atoms with Crippen LogP contribution in [0.3, 0.4) is 0 Å². The van der Waals surface area contributed by atoms with E-state index in [4.69, 9.17) is 4.74 Å². The van der Waals surface area contributed by atoms with E-state index in [1.165, 1.54) is 22.2 Å². The maximum atomic E-state index is 12.4. The Hall–Kier alpha value is -2.12. The van der Waals surface area contributed by atoms with Crippen molar-refractivity contribution in [2.75, 3.05) is 18.2 Å². The Bertz CT molecular complexity index is 953. The van der Waals surface area contributed by atoms with Crippen LogP contribution >= 0.6 is 23.1 Å². The van der Waals surface area contributed by atoms with Gasteiger partial charge in [-0.05, 0) is 38.0 Å². The Labute approximate surface area is 161 Å². The molecule has 0 aliphatic heterocycles. The largest absolute Gasteiger partial charge is 0.495 e. The summed E-state index contributed by atoms with van der Waals surface area (Å²) < 4.78 is 5.27. The molecule has 0 atom stereocenters. The summed E-state index contributed by atoms with van der Waals surface area (Å²) in [6.07, 6.45) is 0.930. The number of carbonyl (C=O) groups is 1. The normalized spacial score (nSPS) is 10.9. The van der Waals surface area contributed by atoms with E-state index in [9.17, 15) is 4.79 Å². The number of para-hydroxylation sites is 2. The third-order valence-corrected chi connectivity index (χ3v) is 6.02. The van der Waals surface area contributed by atoms with Gasteiger partial charge in [0.05, 0.1) is 18.6 Å². The number of methoxy groups -OCH3 is 1. The number of thiophene rings is 1. The highest BCUT2D eigenvalue weighted by Crippen LogP contribution is 2.36. The minimum Gasteiger partial charge on any atom is -0.495 e. The summed E-state index contributed by atoms with van der Waals surface area (Å²) in [5.41, 5.74) is 1.95. The fraction of sp³-hybridized carbons (Fsp3) is 0.316. The molecule has 1 aromatic carbocycles. The summed E-state index contributed by atoms with van der Waals surface area (Å²) in [6, 6.07) is 7.38. The van der Waals surface area contributed by atoms with Crippen LogP contribution in [-0.2, 0) is 11.2 Å². The smallest absolute Gasteiger partial charge is 0.234 e. The van der Waals surface area contributed by atoms with Crippen LogP contribution in [0.2, 0.25) is 0 Å². The summed E-state index contributed by atoms with van der Waals surface area (Å²) in [5, 5.41) is 4.87. The van der Waals surface area contributed by atoms with E-state index in [1.807, 2.05) is 31.2 Å². The van der Waals surface area contributed by atoms with Gasteiger partial charge in [-0.25, -0.2) is 9.97 Å². The monoisotopic (exact) mass is 387 g/mol. The molecule has 0 bridgehead atoms. The highest BCUT2D eigenvalue weighted by atomic mass is 32.2. The molecule has 26 heavy (non-hydrogen) atoms. The second-order valence-electron chi connectivity index (χ2n) is 5.78. The van der Waals surface area contributed by atoms with Crippen molar-refractivity contribution in [2.24, 2.45) is 0 Å². The first-order chi connectivity index (χ1) is 12.5. The molecule has 0 fully saturated rings. The highest BCUT2D eigenvalue weighted by molar-refractivity contribution is 8.00. The quantitative estimate of drug-likeness (QED) is 0.494. The summed E-state index contributed by atoms with van der Waals surface area (Å²) in [7, 11) is 1.59. The molecular formula is C19H21N3O2S2. The van der Waals surface area contributed by atoms with Crippen molar-refractivity contribution < 1.29 is 9.53 Å². The van der Waals surface area contributed by atoms with E-state index >= 15 is 0 Å². The number of ether oxygens (including phenoxy) is 1. The van der Waals surface area contributed by atoms with Crippen LogP contribution in [0.25, 0.3) is 10.2 Å². The number of fused-ring (bicyclic) bond motifs is 1. The number of aromatic nitrogens is 2. The minimum absolute atomic E-state index is 0.0890. The Morgan fingerprint density at radius 1 is 1.27 bits per heavy atom. The number of nitrogens with one attached hydrogen (secondary N) is 1. The molecule has 0 aliphatic carbocycles. The average molecular weight is 388 g/mol. The van der Waals surface area contributed by atoms with Gasteiger partial charge in [-0.15, -0.1) is 11.3 Å². The van der Waals surface area contributed by atoms with E-state index in [2.05, 4.69) is 29.1 Å². The van der Waals surface area contributed by atoms with Gasteiger partial charge in [0.15, 0.2) is 0 Å². The second-order valence-corrected chi connectivity index (χ2v) is 7.95. The number of hydrogen-bond acceptors (Lipinski definition) is 6. The van der Waals surface area contributed by atoms with Crippen LogP contribution in [-0.4, -0.2) is 28.7 Å². The van der Waals surface area contributed by atoms with Gasteiger partial charge in [0.2, 0.25) is 5.91 Å². The van der Waals surface area contributed by atoms with Crippen molar-refractivity contribution in [1.82, 2.24) is 9.97 Å². The molecule has 5 nitrogen and oxygen atoms in total. The van der Waals surface area contributed by atoms with E-state index in [-0.39, 0.29) is 11.7 Å². The van der Waals surface area contributed by atoms with Gasteiger partial charge in [-0.1, -0.05) is 30.8 Å². The van der Waals surface area contributed by atoms with Crippen molar-refractivity contribution in [3.8, 4) is 5.75 Å². The lowest BCUT2D eigenvalue weighted by molar-refractivity contribution is -0.113. The van der Waals surface area contributed by atoms with Gasteiger partial charge in [0.25, 0.3) is 0 Å². The maximum absolute atomic E-state index is 12.4. The van der Waals surface area contributed by atoms with Gasteiger partial charge in [0, 0.05) is 10.3 Å². The van der Waals surface area contributed by atoms with Gasteiger partial charge < -0.3 is 10.1 Å². The lowest BCUT2D eigenvalue weighted by Crippen LogP contribution is -2.14. The van der Waals surface area contributed by atoms with Crippen LogP contribution in [0, 0.1) is 13.8 Å². The number of nitrogens with zero attached hydrogens (tertiary/aromatic N) is 2. The molecule has 2 aromatic heterocycles. The number of anilines is 1. The molecular weight excluding hydrogens is 366 g/mol. The number of thioether (sulfide) groups is 1. The molecule has 0 aliphatic rings. The van der Waals surface area contributed by atoms with E-state index in [0.29, 0.717) is 11.4 Å². The van der Waals surface area contributed by atoms with Gasteiger partial charge >= 0.3 is 0 Å². The molecule has 0 saturated carbocycles. The van der Waals surface area contributed by atoms with Gasteiger partial charge in [0.1, 0.15) is 21.4 Å². The fourth-order valence-corrected chi connectivity index (χ4v) is 4.96. The van der Waals surface area contributed by atoms with Crippen molar-refractivity contribution in [3.63, 3.8) is 0 Å². The van der Waals surface area contributed by atoms with Crippen molar-refractivity contribution in [3.05, 3.63) is 40.5 Å². The number of aryl methyl sites for hydroxylation is 3. The van der Waals surface area contributed by atoms with Crippen molar-refractivity contribution in [2.45, 2.75) is 32.2 Å². The second kappa shape index (κ2) is 8.05. The molecule has 1 amide bonds. The molecule has 0 radical (unpaired) electrons.